The lowest BCUT2D eigenvalue weighted by molar-refractivity contribution is -0.127. The standard InChI is InChI=1S/C14H24N2O2/c1-14(6-3-7-14)8-16-13(17)11-9-4-5-10(18-9)12(11)15-2/h9-12,15H,3-8H2,1-2H3,(H,16,17)/t9-,10+,11+,12-/m1/s1. The van der Waals surface area contributed by atoms with Gasteiger partial charge < -0.3 is 15.4 Å². The van der Waals surface area contributed by atoms with Crippen LogP contribution in [0, 0.1) is 11.3 Å². The minimum atomic E-state index is 0.0115. The van der Waals surface area contributed by atoms with E-state index in [-0.39, 0.29) is 30.1 Å². The van der Waals surface area contributed by atoms with Crippen molar-refractivity contribution >= 4 is 5.91 Å². The van der Waals surface area contributed by atoms with E-state index < -0.39 is 0 Å². The van der Waals surface area contributed by atoms with Gasteiger partial charge in [0.2, 0.25) is 5.91 Å². The molecule has 3 fully saturated rings. The predicted octanol–water partition coefficient (Wildman–Crippen LogP) is 1.06. The van der Waals surface area contributed by atoms with Crippen molar-refractivity contribution in [2.45, 2.75) is 57.3 Å². The molecule has 0 unspecified atom stereocenters. The summed E-state index contributed by atoms with van der Waals surface area (Å²) in [6.07, 6.45) is 6.32. The largest absolute Gasteiger partial charge is 0.372 e. The number of carbonyl (C=O) groups is 1. The maximum atomic E-state index is 12.4. The van der Waals surface area contributed by atoms with Crippen molar-refractivity contribution in [3.05, 3.63) is 0 Å². The van der Waals surface area contributed by atoms with E-state index in [1.54, 1.807) is 0 Å². The number of hydrogen-bond donors (Lipinski definition) is 2. The topological polar surface area (TPSA) is 50.4 Å². The first-order valence-electron chi connectivity index (χ1n) is 7.23. The highest BCUT2D eigenvalue weighted by Crippen LogP contribution is 2.41. The smallest absolute Gasteiger partial charge is 0.227 e. The highest BCUT2D eigenvalue weighted by Gasteiger charge is 2.51. The zero-order valence-electron chi connectivity index (χ0n) is 11.4. The molecule has 4 heteroatoms. The molecule has 1 saturated carbocycles. The van der Waals surface area contributed by atoms with E-state index in [2.05, 4.69) is 17.6 Å². The minimum absolute atomic E-state index is 0.0115. The van der Waals surface area contributed by atoms with E-state index in [1.807, 2.05) is 7.05 Å². The second-order valence-corrected chi connectivity index (χ2v) is 6.51. The molecule has 102 valence electrons. The van der Waals surface area contributed by atoms with Crippen molar-refractivity contribution in [3.8, 4) is 0 Å². The molecule has 0 aromatic carbocycles. The molecule has 0 aromatic heterocycles. The maximum absolute atomic E-state index is 12.4. The lowest BCUT2D eigenvalue weighted by Crippen LogP contribution is -2.51. The number of rotatable bonds is 4. The molecular formula is C14H24N2O2. The molecule has 2 bridgehead atoms. The minimum Gasteiger partial charge on any atom is -0.372 e. The fourth-order valence-corrected chi connectivity index (χ4v) is 3.75. The summed E-state index contributed by atoms with van der Waals surface area (Å²) in [5.41, 5.74) is 0.350. The predicted molar refractivity (Wildman–Crippen MR) is 69.2 cm³/mol. The van der Waals surface area contributed by atoms with Crippen LogP contribution in [0.25, 0.3) is 0 Å². The number of carbonyl (C=O) groups excluding carboxylic acids is 1. The van der Waals surface area contributed by atoms with Gasteiger partial charge in [0.25, 0.3) is 0 Å². The monoisotopic (exact) mass is 252 g/mol. The summed E-state index contributed by atoms with van der Waals surface area (Å²) in [6, 6.07) is 0.206. The number of fused-ring (bicyclic) bond motifs is 2. The van der Waals surface area contributed by atoms with Crippen LogP contribution in [0.5, 0.6) is 0 Å². The molecular weight excluding hydrogens is 228 g/mol. The number of likely N-dealkylation sites (N-methyl/N-ethyl adjacent to an activating group) is 1. The molecule has 3 rings (SSSR count). The van der Waals surface area contributed by atoms with Crippen molar-refractivity contribution < 1.29 is 9.53 Å². The molecule has 1 aliphatic carbocycles. The van der Waals surface area contributed by atoms with E-state index in [4.69, 9.17) is 4.74 Å². The van der Waals surface area contributed by atoms with Gasteiger partial charge in [-0.05, 0) is 38.1 Å². The zero-order valence-corrected chi connectivity index (χ0v) is 11.4. The summed E-state index contributed by atoms with van der Waals surface area (Å²) in [7, 11) is 1.93. The molecule has 4 atom stereocenters. The molecule has 0 radical (unpaired) electrons. The van der Waals surface area contributed by atoms with E-state index >= 15 is 0 Å². The first-order chi connectivity index (χ1) is 8.63. The normalized spacial score (nSPS) is 40.6. The summed E-state index contributed by atoms with van der Waals surface area (Å²) < 4.78 is 5.86. The lowest BCUT2D eigenvalue weighted by Gasteiger charge is -2.39. The Morgan fingerprint density at radius 1 is 1.33 bits per heavy atom. The highest BCUT2D eigenvalue weighted by atomic mass is 16.5. The Bertz CT molecular complexity index is 341. The van der Waals surface area contributed by atoms with Crippen molar-refractivity contribution in [1.82, 2.24) is 10.6 Å². The Kier molecular flexibility index (Phi) is 3.10. The van der Waals surface area contributed by atoms with Gasteiger partial charge in [-0.25, -0.2) is 0 Å². The molecule has 18 heavy (non-hydrogen) atoms. The fourth-order valence-electron chi connectivity index (χ4n) is 3.75. The summed E-state index contributed by atoms with van der Waals surface area (Å²) in [5.74, 6) is 0.201. The van der Waals surface area contributed by atoms with Crippen LogP contribution in [0.1, 0.15) is 39.0 Å². The fraction of sp³-hybridized carbons (Fsp3) is 0.929. The summed E-state index contributed by atoms with van der Waals surface area (Å²) in [5, 5.41) is 6.42. The van der Waals surface area contributed by atoms with Crippen molar-refractivity contribution in [3.63, 3.8) is 0 Å². The zero-order chi connectivity index (χ0) is 12.8. The molecule has 1 amide bonds. The molecule has 2 N–H and O–H groups in total. The van der Waals surface area contributed by atoms with Gasteiger partial charge in [0.15, 0.2) is 0 Å². The average molecular weight is 252 g/mol. The highest BCUT2D eigenvalue weighted by molar-refractivity contribution is 5.80. The van der Waals surface area contributed by atoms with Crippen LogP contribution in [0.15, 0.2) is 0 Å². The van der Waals surface area contributed by atoms with E-state index in [9.17, 15) is 4.79 Å². The molecule has 2 saturated heterocycles. The second-order valence-electron chi connectivity index (χ2n) is 6.51. The number of hydrogen-bond acceptors (Lipinski definition) is 3. The van der Waals surface area contributed by atoms with Gasteiger partial charge in [-0.2, -0.15) is 0 Å². The Balaban J connectivity index is 1.58. The SMILES string of the molecule is CN[C@H]1[C@@H](C(=O)NCC2(C)CCC2)[C@H]2CC[C@@H]1O2. The van der Waals surface area contributed by atoms with Crippen molar-refractivity contribution in [2.24, 2.45) is 11.3 Å². The molecule has 3 aliphatic rings. The third kappa shape index (κ3) is 1.95. The van der Waals surface area contributed by atoms with Gasteiger partial charge in [0.1, 0.15) is 0 Å². The van der Waals surface area contributed by atoms with Gasteiger partial charge in [-0.1, -0.05) is 13.3 Å². The summed E-state index contributed by atoms with van der Waals surface area (Å²) in [4.78, 5) is 12.4. The van der Waals surface area contributed by atoms with Gasteiger partial charge in [0.05, 0.1) is 18.1 Å². The van der Waals surface area contributed by atoms with Crippen LogP contribution in [0.3, 0.4) is 0 Å². The van der Waals surface area contributed by atoms with Crippen LogP contribution in [0.2, 0.25) is 0 Å². The third-order valence-corrected chi connectivity index (χ3v) is 5.16. The summed E-state index contributed by atoms with van der Waals surface area (Å²) in [6.45, 7) is 3.10. The Hall–Kier alpha value is -0.610. The third-order valence-electron chi connectivity index (χ3n) is 5.16. The first-order valence-corrected chi connectivity index (χ1v) is 7.23. The molecule has 4 nitrogen and oxygen atoms in total. The molecule has 2 heterocycles. The lowest BCUT2D eigenvalue weighted by atomic mass is 9.70. The van der Waals surface area contributed by atoms with E-state index in [0.29, 0.717) is 5.41 Å². The molecule has 0 aromatic rings. The molecule has 0 spiro atoms. The number of nitrogens with one attached hydrogen (secondary N) is 2. The number of ether oxygens (including phenoxy) is 1. The maximum Gasteiger partial charge on any atom is 0.227 e. The van der Waals surface area contributed by atoms with Crippen LogP contribution in [0.4, 0.5) is 0 Å². The first kappa shape index (κ1) is 12.4. The van der Waals surface area contributed by atoms with Gasteiger partial charge >= 0.3 is 0 Å². The van der Waals surface area contributed by atoms with Crippen LogP contribution in [-0.4, -0.2) is 37.7 Å². The van der Waals surface area contributed by atoms with Gasteiger partial charge in [-0.3, -0.25) is 4.79 Å². The van der Waals surface area contributed by atoms with Crippen molar-refractivity contribution in [2.75, 3.05) is 13.6 Å². The number of amides is 1. The molecule has 2 aliphatic heterocycles. The summed E-state index contributed by atoms with van der Waals surface area (Å²) >= 11 is 0. The second kappa shape index (κ2) is 4.49. The average Bonchev–Trinajstić information content (AvgIpc) is 2.93. The van der Waals surface area contributed by atoms with Gasteiger partial charge in [-0.15, -0.1) is 0 Å². The Labute approximate surface area is 109 Å². The van der Waals surface area contributed by atoms with Crippen LogP contribution in [-0.2, 0) is 9.53 Å². The quantitative estimate of drug-likeness (QED) is 0.786. The van der Waals surface area contributed by atoms with E-state index in [1.165, 1.54) is 19.3 Å². The Morgan fingerprint density at radius 3 is 2.67 bits per heavy atom. The van der Waals surface area contributed by atoms with Crippen molar-refractivity contribution in [1.29, 1.82) is 0 Å². The Morgan fingerprint density at radius 2 is 2.06 bits per heavy atom. The van der Waals surface area contributed by atoms with Gasteiger partial charge in [0, 0.05) is 12.6 Å². The van der Waals surface area contributed by atoms with E-state index in [0.717, 1.165) is 19.4 Å². The van der Waals surface area contributed by atoms with Crippen LogP contribution >= 0.6 is 0 Å². The van der Waals surface area contributed by atoms with Crippen LogP contribution < -0.4 is 10.6 Å².